The summed E-state index contributed by atoms with van der Waals surface area (Å²) in [5.74, 6) is 1.53. The Balaban J connectivity index is 1.59. The van der Waals surface area contributed by atoms with E-state index in [0.717, 1.165) is 53.9 Å². The maximum Gasteiger partial charge on any atom is 0.220 e. The topological polar surface area (TPSA) is 66.9 Å². The Morgan fingerprint density at radius 2 is 2.04 bits per heavy atom. The number of hydrogen-bond donors (Lipinski definition) is 1. The minimum absolute atomic E-state index is 0.0670. The monoisotopic (exact) mass is 329 g/mol. The zero-order chi connectivity index (χ0) is 17.5. The number of ether oxygens (including phenoxy) is 1. The lowest BCUT2D eigenvalue weighted by molar-refractivity contribution is 0.160. The van der Waals surface area contributed by atoms with Crippen LogP contribution in [-0.2, 0) is 18.4 Å². The van der Waals surface area contributed by atoms with E-state index < -0.39 is 0 Å². The molecule has 0 aliphatic carbocycles. The van der Waals surface area contributed by atoms with Crippen molar-refractivity contribution in [2.45, 2.75) is 59.1 Å². The van der Waals surface area contributed by atoms with Crippen LogP contribution in [0.4, 0.5) is 0 Å². The van der Waals surface area contributed by atoms with E-state index in [1.165, 1.54) is 0 Å². The molecule has 0 unspecified atom stereocenters. The predicted molar refractivity (Wildman–Crippen MR) is 93.2 cm³/mol. The molecule has 0 saturated carbocycles. The fourth-order valence-electron chi connectivity index (χ4n) is 3.10. The van der Waals surface area contributed by atoms with Gasteiger partial charge < -0.3 is 4.74 Å². The normalized spacial score (nSPS) is 17.2. The van der Waals surface area contributed by atoms with Gasteiger partial charge in [0.25, 0.3) is 0 Å². The average molecular weight is 329 g/mol. The van der Waals surface area contributed by atoms with Crippen molar-refractivity contribution in [1.82, 2.24) is 25.1 Å². The summed E-state index contributed by atoms with van der Waals surface area (Å²) in [6, 6.07) is 2.15. The molecule has 0 fully saturated rings. The molecule has 1 atom stereocenters. The van der Waals surface area contributed by atoms with E-state index in [-0.39, 0.29) is 11.5 Å². The zero-order valence-corrected chi connectivity index (χ0v) is 15.5. The van der Waals surface area contributed by atoms with Crippen molar-refractivity contribution in [3.63, 3.8) is 0 Å². The van der Waals surface area contributed by atoms with Gasteiger partial charge in [0, 0.05) is 41.9 Å². The summed E-state index contributed by atoms with van der Waals surface area (Å²) >= 11 is 0. The van der Waals surface area contributed by atoms with Crippen LogP contribution >= 0.6 is 0 Å². The van der Waals surface area contributed by atoms with Gasteiger partial charge in [0.05, 0.1) is 5.69 Å². The van der Waals surface area contributed by atoms with Gasteiger partial charge in [-0.2, -0.15) is 10.1 Å². The van der Waals surface area contributed by atoms with Crippen LogP contribution in [-0.4, -0.2) is 44.8 Å². The number of nitrogens with one attached hydrogen (secondary N) is 1. The summed E-state index contributed by atoms with van der Waals surface area (Å²) in [6.45, 7) is 12.1. The van der Waals surface area contributed by atoms with Crippen molar-refractivity contribution in [2.75, 3.05) is 13.6 Å². The number of aryl methyl sites for hydroxylation is 2. The van der Waals surface area contributed by atoms with Crippen LogP contribution in [0.5, 0.6) is 5.88 Å². The first-order valence-corrected chi connectivity index (χ1v) is 8.46. The van der Waals surface area contributed by atoms with Crippen LogP contribution in [0.25, 0.3) is 0 Å². The number of fused-ring (bicyclic) bond motifs is 1. The number of rotatable bonds is 4. The third-order valence-corrected chi connectivity index (χ3v) is 4.35. The van der Waals surface area contributed by atoms with E-state index in [0.29, 0.717) is 0 Å². The number of aromatic amines is 1. The van der Waals surface area contributed by atoms with Crippen molar-refractivity contribution in [3.8, 4) is 5.88 Å². The average Bonchev–Trinajstić information content (AvgIpc) is 3.04. The number of hydrogen-bond acceptors (Lipinski definition) is 5. The van der Waals surface area contributed by atoms with Crippen LogP contribution < -0.4 is 4.74 Å². The van der Waals surface area contributed by atoms with Gasteiger partial charge in [0.2, 0.25) is 5.88 Å². The molecule has 0 saturated heterocycles. The van der Waals surface area contributed by atoms with Crippen LogP contribution in [0.2, 0.25) is 0 Å². The molecule has 6 heteroatoms. The summed E-state index contributed by atoms with van der Waals surface area (Å²) in [5, 5.41) is 7.57. The molecule has 1 aliphatic heterocycles. The number of likely N-dealkylation sites (N-methyl/N-ethyl adjacent to an activating group) is 1. The predicted octanol–water partition coefficient (Wildman–Crippen LogP) is 2.55. The molecule has 3 rings (SSSR count). The third kappa shape index (κ3) is 3.59. The number of nitrogens with zero attached hydrogens (tertiary/aromatic N) is 4. The first kappa shape index (κ1) is 16.9. The molecular formula is C18H27N5O. The Kier molecular flexibility index (Phi) is 4.34. The summed E-state index contributed by atoms with van der Waals surface area (Å²) in [4.78, 5) is 11.1. The maximum absolute atomic E-state index is 6.02. The minimum Gasteiger partial charge on any atom is -0.472 e. The van der Waals surface area contributed by atoms with Gasteiger partial charge in [-0.3, -0.25) is 10.00 Å². The van der Waals surface area contributed by atoms with Crippen molar-refractivity contribution in [3.05, 3.63) is 34.5 Å². The van der Waals surface area contributed by atoms with Gasteiger partial charge in [0.15, 0.2) is 0 Å². The fourth-order valence-corrected chi connectivity index (χ4v) is 3.10. The van der Waals surface area contributed by atoms with E-state index >= 15 is 0 Å². The molecule has 0 bridgehead atoms. The highest BCUT2D eigenvalue weighted by Crippen LogP contribution is 2.29. The molecule has 1 N–H and O–H groups in total. The minimum atomic E-state index is 0.0670. The molecule has 130 valence electrons. The van der Waals surface area contributed by atoms with Gasteiger partial charge in [-0.1, -0.05) is 20.8 Å². The van der Waals surface area contributed by atoms with Crippen molar-refractivity contribution >= 4 is 0 Å². The van der Waals surface area contributed by atoms with E-state index in [1.807, 2.05) is 13.8 Å². The lowest BCUT2D eigenvalue weighted by atomic mass is 9.92. The highest BCUT2D eigenvalue weighted by Gasteiger charge is 2.28. The second kappa shape index (κ2) is 6.16. The van der Waals surface area contributed by atoms with Gasteiger partial charge in [-0.25, -0.2) is 4.98 Å². The van der Waals surface area contributed by atoms with Crippen LogP contribution in [0, 0.1) is 13.8 Å². The quantitative estimate of drug-likeness (QED) is 0.934. The smallest absolute Gasteiger partial charge is 0.220 e. The molecule has 2 aromatic rings. The van der Waals surface area contributed by atoms with Crippen LogP contribution in [0.15, 0.2) is 6.07 Å². The molecule has 0 radical (unpaired) electrons. The van der Waals surface area contributed by atoms with Crippen molar-refractivity contribution in [1.29, 1.82) is 0 Å². The van der Waals surface area contributed by atoms with Gasteiger partial charge in [-0.05, 0) is 27.0 Å². The Morgan fingerprint density at radius 3 is 2.71 bits per heavy atom. The van der Waals surface area contributed by atoms with Crippen molar-refractivity contribution < 1.29 is 4.74 Å². The maximum atomic E-state index is 6.02. The SMILES string of the molecule is Cc1nc(C)c2c(n1)O[C@H](CN(C)Cc1cc(C(C)(C)C)n[nH]1)C2. The fraction of sp³-hybridized carbons (Fsp3) is 0.611. The first-order chi connectivity index (χ1) is 11.2. The third-order valence-electron chi connectivity index (χ3n) is 4.35. The zero-order valence-electron chi connectivity index (χ0n) is 15.5. The lowest BCUT2D eigenvalue weighted by Gasteiger charge is -2.19. The standard InChI is InChI=1S/C18H27N5O/c1-11-15-8-14(24-17(15)20-12(2)19-11)10-23(6)9-13-7-16(22-21-13)18(3,4)5/h7,14H,8-10H2,1-6H3,(H,21,22)/t14-/m0/s1. The molecule has 3 heterocycles. The van der Waals surface area contributed by atoms with Gasteiger partial charge in [0.1, 0.15) is 11.9 Å². The number of aromatic nitrogens is 4. The molecule has 0 amide bonds. The highest BCUT2D eigenvalue weighted by molar-refractivity contribution is 5.34. The van der Waals surface area contributed by atoms with E-state index in [4.69, 9.17) is 4.74 Å². The molecule has 1 aliphatic rings. The molecule has 2 aromatic heterocycles. The highest BCUT2D eigenvalue weighted by atomic mass is 16.5. The second-order valence-corrected chi connectivity index (χ2v) is 7.81. The molecule has 0 spiro atoms. The molecule has 6 nitrogen and oxygen atoms in total. The molecule has 24 heavy (non-hydrogen) atoms. The van der Waals surface area contributed by atoms with E-state index in [1.54, 1.807) is 0 Å². The van der Waals surface area contributed by atoms with Crippen molar-refractivity contribution in [2.24, 2.45) is 0 Å². The Morgan fingerprint density at radius 1 is 1.29 bits per heavy atom. The Hall–Kier alpha value is -1.95. The van der Waals surface area contributed by atoms with Gasteiger partial charge >= 0.3 is 0 Å². The summed E-state index contributed by atoms with van der Waals surface area (Å²) < 4.78 is 6.02. The van der Waals surface area contributed by atoms with Crippen LogP contribution in [0.1, 0.15) is 49.2 Å². The Labute approximate surface area is 143 Å². The van der Waals surface area contributed by atoms with E-state index in [9.17, 15) is 0 Å². The molecular weight excluding hydrogens is 302 g/mol. The lowest BCUT2D eigenvalue weighted by Crippen LogP contribution is -2.31. The largest absolute Gasteiger partial charge is 0.472 e. The van der Waals surface area contributed by atoms with E-state index in [2.05, 4.69) is 59.0 Å². The summed E-state index contributed by atoms with van der Waals surface area (Å²) in [7, 11) is 2.10. The summed E-state index contributed by atoms with van der Waals surface area (Å²) in [5.41, 5.74) is 4.47. The Bertz CT molecular complexity index is 731. The van der Waals surface area contributed by atoms with Crippen LogP contribution in [0.3, 0.4) is 0 Å². The number of H-pyrrole nitrogens is 1. The van der Waals surface area contributed by atoms with Gasteiger partial charge in [-0.15, -0.1) is 0 Å². The summed E-state index contributed by atoms with van der Waals surface area (Å²) in [6.07, 6.45) is 1.01. The molecule has 0 aromatic carbocycles. The second-order valence-electron chi connectivity index (χ2n) is 7.81. The first-order valence-electron chi connectivity index (χ1n) is 8.46.